The SMILES string of the molecule is C=CC(=O)Nc1ccccc1S(=O)(=O)NC(C)CC. The van der Waals surface area contributed by atoms with Gasteiger partial charge in [-0.3, -0.25) is 4.79 Å². The van der Waals surface area contributed by atoms with Crippen molar-refractivity contribution >= 4 is 21.6 Å². The molecule has 0 aromatic heterocycles. The molecule has 1 amide bonds. The number of hydrogen-bond acceptors (Lipinski definition) is 3. The summed E-state index contributed by atoms with van der Waals surface area (Å²) in [5, 5.41) is 2.48. The van der Waals surface area contributed by atoms with Crippen LogP contribution >= 0.6 is 0 Å². The fourth-order valence-electron chi connectivity index (χ4n) is 1.40. The minimum atomic E-state index is -3.66. The highest BCUT2D eigenvalue weighted by Crippen LogP contribution is 2.21. The van der Waals surface area contributed by atoms with Crippen LogP contribution in [0.5, 0.6) is 0 Å². The van der Waals surface area contributed by atoms with Gasteiger partial charge < -0.3 is 5.32 Å². The predicted molar refractivity (Wildman–Crippen MR) is 75.3 cm³/mol. The molecule has 1 unspecified atom stereocenters. The van der Waals surface area contributed by atoms with Crippen LogP contribution in [0.3, 0.4) is 0 Å². The molecule has 0 heterocycles. The van der Waals surface area contributed by atoms with Crippen LogP contribution in [-0.2, 0) is 14.8 Å². The van der Waals surface area contributed by atoms with Crippen molar-refractivity contribution in [3.05, 3.63) is 36.9 Å². The largest absolute Gasteiger partial charge is 0.321 e. The first kappa shape index (κ1) is 15.4. The van der Waals surface area contributed by atoms with Crippen LogP contribution in [0.25, 0.3) is 0 Å². The van der Waals surface area contributed by atoms with Crippen molar-refractivity contribution < 1.29 is 13.2 Å². The second-order valence-corrected chi connectivity index (χ2v) is 5.80. The van der Waals surface area contributed by atoms with Crippen LogP contribution in [0.2, 0.25) is 0 Å². The van der Waals surface area contributed by atoms with Crippen molar-refractivity contribution in [2.24, 2.45) is 0 Å². The number of sulfonamides is 1. The average molecular weight is 282 g/mol. The molecule has 0 saturated heterocycles. The molecule has 1 atom stereocenters. The third-order valence-corrected chi connectivity index (χ3v) is 4.24. The van der Waals surface area contributed by atoms with E-state index in [4.69, 9.17) is 0 Å². The van der Waals surface area contributed by atoms with Gasteiger partial charge in [0.25, 0.3) is 0 Å². The van der Waals surface area contributed by atoms with Crippen LogP contribution in [-0.4, -0.2) is 20.4 Å². The average Bonchev–Trinajstić information content (AvgIpc) is 2.38. The smallest absolute Gasteiger partial charge is 0.247 e. The molecule has 0 spiro atoms. The van der Waals surface area contributed by atoms with Gasteiger partial charge in [0, 0.05) is 6.04 Å². The Morgan fingerprint density at radius 1 is 1.42 bits per heavy atom. The molecule has 1 aromatic carbocycles. The molecule has 0 fully saturated rings. The number of amides is 1. The third-order valence-electron chi connectivity index (χ3n) is 2.59. The molecule has 0 radical (unpaired) electrons. The van der Waals surface area contributed by atoms with Gasteiger partial charge in [-0.15, -0.1) is 0 Å². The van der Waals surface area contributed by atoms with Gasteiger partial charge in [-0.1, -0.05) is 25.6 Å². The summed E-state index contributed by atoms with van der Waals surface area (Å²) in [4.78, 5) is 11.3. The highest BCUT2D eigenvalue weighted by molar-refractivity contribution is 7.89. The van der Waals surface area contributed by atoms with E-state index in [1.807, 2.05) is 6.92 Å². The molecule has 5 nitrogen and oxygen atoms in total. The van der Waals surface area contributed by atoms with Gasteiger partial charge >= 0.3 is 0 Å². The van der Waals surface area contributed by atoms with E-state index in [2.05, 4.69) is 16.6 Å². The number of hydrogen-bond donors (Lipinski definition) is 2. The highest BCUT2D eigenvalue weighted by Gasteiger charge is 2.20. The minimum Gasteiger partial charge on any atom is -0.321 e. The Morgan fingerprint density at radius 2 is 2.05 bits per heavy atom. The molecule has 0 aliphatic rings. The van der Waals surface area contributed by atoms with Gasteiger partial charge in [0.2, 0.25) is 15.9 Å². The van der Waals surface area contributed by atoms with Crippen molar-refractivity contribution in [1.29, 1.82) is 0 Å². The van der Waals surface area contributed by atoms with Crippen molar-refractivity contribution in [1.82, 2.24) is 4.72 Å². The van der Waals surface area contributed by atoms with Crippen LogP contribution < -0.4 is 10.0 Å². The summed E-state index contributed by atoms with van der Waals surface area (Å²) >= 11 is 0. The number of rotatable bonds is 6. The molecule has 2 N–H and O–H groups in total. The van der Waals surface area contributed by atoms with E-state index in [0.29, 0.717) is 6.42 Å². The summed E-state index contributed by atoms with van der Waals surface area (Å²) in [6.45, 7) is 7.00. The summed E-state index contributed by atoms with van der Waals surface area (Å²) in [7, 11) is -3.66. The molecular weight excluding hydrogens is 264 g/mol. The molecule has 19 heavy (non-hydrogen) atoms. The first-order valence-electron chi connectivity index (χ1n) is 5.95. The maximum absolute atomic E-state index is 12.2. The Morgan fingerprint density at radius 3 is 2.63 bits per heavy atom. The highest BCUT2D eigenvalue weighted by atomic mass is 32.2. The topological polar surface area (TPSA) is 75.3 Å². The van der Waals surface area contributed by atoms with Gasteiger partial charge in [0.15, 0.2) is 0 Å². The molecule has 1 rings (SSSR count). The fraction of sp³-hybridized carbons (Fsp3) is 0.308. The predicted octanol–water partition coefficient (Wildman–Crippen LogP) is 1.89. The van der Waals surface area contributed by atoms with Gasteiger partial charge in [0.05, 0.1) is 5.69 Å². The van der Waals surface area contributed by atoms with Crippen LogP contribution in [0.1, 0.15) is 20.3 Å². The molecule has 0 aliphatic heterocycles. The lowest BCUT2D eigenvalue weighted by molar-refractivity contribution is -0.111. The number of benzene rings is 1. The van der Waals surface area contributed by atoms with E-state index >= 15 is 0 Å². The lowest BCUT2D eigenvalue weighted by Gasteiger charge is -2.15. The quantitative estimate of drug-likeness (QED) is 0.782. The first-order valence-corrected chi connectivity index (χ1v) is 7.43. The summed E-state index contributed by atoms with van der Waals surface area (Å²) in [6, 6.07) is 6.07. The first-order chi connectivity index (χ1) is 8.90. The van der Waals surface area contributed by atoms with E-state index in [1.54, 1.807) is 19.1 Å². The second kappa shape index (κ2) is 6.49. The maximum atomic E-state index is 12.2. The molecule has 0 aliphatic carbocycles. The maximum Gasteiger partial charge on any atom is 0.247 e. The normalized spacial score (nSPS) is 12.7. The molecule has 0 saturated carbocycles. The monoisotopic (exact) mass is 282 g/mol. The van der Waals surface area contributed by atoms with Crippen LogP contribution in [0.4, 0.5) is 5.69 Å². The van der Waals surface area contributed by atoms with E-state index in [-0.39, 0.29) is 16.6 Å². The van der Waals surface area contributed by atoms with Crippen molar-refractivity contribution in [3.8, 4) is 0 Å². The third kappa shape index (κ3) is 4.18. The fourth-order valence-corrected chi connectivity index (χ4v) is 2.89. The zero-order valence-corrected chi connectivity index (χ0v) is 11.8. The Bertz CT molecular complexity index is 567. The van der Waals surface area contributed by atoms with E-state index in [0.717, 1.165) is 6.08 Å². The van der Waals surface area contributed by atoms with Gasteiger partial charge in [-0.2, -0.15) is 0 Å². The minimum absolute atomic E-state index is 0.0468. The van der Waals surface area contributed by atoms with E-state index in [1.165, 1.54) is 12.1 Å². The van der Waals surface area contributed by atoms with E-state index < -0.39 is 15.9 Å². The molecule has 1 aromatic rings. The second-order valence-electron chi connectivity index (χ2n) is 4.12. The summed E-state index contributed by atoms with van der Waals surface area (Å²) < 4.78 is 27.0. The Hall–Kier alpha value is -1.66. The number of para-hydroxylation sites is 1. The Labute approximate surface area is 113 Å². The number of anilines is 1. The van der Waals surface area contributed by atoms with Gasteiger partial charge in [0.1, 0.15) is 4.90 Å². The summed E-state index contributed by atoms with van der Waals surface area (Å²) in [5.74, 6) is -0.453. The lowest BCUT2D eigenvalue weighted by atomic mass is 10.3. The molecular formula is C13H18N2O3S. The Balaban J connectivity index is 3.12. The zero-order valence-electron chi connectivity index (χ0n) is 11.0. The van der Waals surface area contributed by atoms with Crippen LogP contribution in [0, 0.1) is 0 Å². The summed E-state index contributed by atoms with van der Waals surface area (Å²) in [6.07, 6.45) is 1.77. The summed E-state index contributed by atoms with van der Waals surface area (Å²) in [5.41, 5.74) is 0.239. The van der Waals surface area contributed by atoms with E-state index in [9.17, 15) is 13.2 Å². The lowest BCUT2D eigenvalue weighted by Crippen LogP contribution is -2.32. The van der Waals surface area contributed by atoms with Gasteiger partial charge in [-0.25, -0.2) is 13.1 Å². The number of nitrogens with one attached hydrogen (secondary N) is 2. The molecule has 6 heteroatoms. The van der Waals surface area contributed by atoms with Gasteiger partial charge in [-0.05, 0) is 31.6 Å². The number of carbonyl (C=O) groups is 1. The molecule has 0 bridgehead atoms. The van der Waals surface area contributed by atoms with Crippen molar-refractivity contribution in [2.45, 2.75) is 31.2 Å². The van der Waals surface area contributed by atoms with Crippen LogP contribution in [0.15, 0.2) is 41.8 Å². The zero-order chi connectivity index (χ0) is 14.5. The number of carbonyl (C=O) groups excluding carboxylic acids is 1. The van der Waals surface area contributed by atoms with Crippen molar-refractivity contribution in [2.75, 3.05) is 5.32 Å². The van der Waals surface area contributed by atoms with Crippen molar-refractivity contribution in [3.63, 3.8) is 0 Å². The molecule has 104 valence electrons. The standard InChI is InChI=1S/C13H18N2O3S/c1-4-10(3)15-19(17,18)12-9-7-6-8-11(12)14-13(16)5-2/h5-10,15H,2,4H2,1,3H3,(H,14,16). The Kier molecular flexibility index (Phi) is 5.26.